The summed E-state index contributed by atoms with van der Waals surface area (Å²) < 4.78 is 11.2. The van der Waals surface area contributed by atoms with Crippen molar-refractivity contribution >= 4 is 17.0 Å². The molecule has 1 aromatic carbocycles. The molecule has 0 N–H and O–H groups in total. The predicted molar refractivity (Wildman–Crippen MR) is 120 cm³/mol. The molecular weight excluding hydrogens is 390 g/mol. The molecule has 2 aromatic rings. The first-order valence-corrected chi connectivity index (χ1v) is 11.8. The Kier molecular flexibility index (Phi) is 5.99. The van der Waals surface area contributed by atoms with Crippen molar-refractivity contribution < 1.29 is 14.3 Å². The fraction of sp³-hybridized carbons (Fsp3) is 0.600. The normalized spacial score (nSPS) is 24.0. The van der Waals surface area contributed by atoms with E-state index in [-0.39, 0.29) is 18.2 Å². The average Bonchev–Trinajstić information content (AvgIpc) is 3.21. The van der Waals surface area contributed by atoms with Crippen molar-refractivity contribution in [1.29, 1.82) is 0 Å². The number of benzene rings is 1. The lowest BCUT2D eigenvalue weighted by Gasteiger charge is -2.37. The van der Waals surface area contributed by atoms with Crippen LogP contribution in [0.25, 0.3) is 10.9 Å². The predicted octanol–water partition coefficient (Wildman–Crippen LogP) is 4.78. The Bertz CT molecular complexity index is 919. The number of likely N-dealkylation sites (tertiary alicyclic amines) is 1. The quantitative estimate of drug-likeness (QED) is 0.693. The second-order valence-electron chi connectivity index (χ2n) is 9.34. The molecule has 166 valence electrons. The molecule has 3 heterocycles. The Balaban J connectivity index is 1.23. The molecule has 2 saturated heterocycles. The van der Waals surface area contributed by atoms with Crippen LogP contribution in [0.15, 0.2) is 30.5 Å². The number of piperidine rings is 1. The van der Waals surface area contributed by atoms with Crippen LogP contribution in [-0.4, -0.2) is 60.2 Å². The number of methoxy groups -OCH3 is 1. The highest BCUT2D eigenvalue weighted by Gasteiger charge is 2.38. The van der Waals surface area contributed by atoms with E-state index in [0.717, 1.165) is 54.1 Å². The van der Waals surface area contributed by atoms with Crippen molar-refractivity contribution in [3.05, 3.63) is 36.0 Å². The molecule has 1 saturated carbocycles. The molecule has 1 atom stereocenters. The van der Waals surface area contributed by atoms with Crippen molar-refractivity contribution in [3.63, 3.8) is 0 Å². The molecule has 1 aliphatic carbocycles. The number of pyridine rings is 1. The third-order valence-corrected chi connectivity index (χ3v) is 7.41. The second kappa shape index (κ2) is 9.03. The zero-order chi connectivity index (χ0) is 21.2. The van der Waals surface area contributed by atoms with Crippen LogP contribution in [0.3, 0.4) is 0 Å². The number of aromatic nitrogens is 1. The molecule has 1 aromatic heterocycles. The van der Waals surface area contributed by atoms with Gasteiger partial charge in [-0.3, -0.25) is 4.98 Å². The van der Waals surface area contributed by atoms with Gasteiger partial charge in [0.1, 0.15) is 11.9 Å². The maximum Gasteiger partial charge on any atom is 0.410 e. The van der Waals surface area contributed by atoms with E-state index in [1.165, 1.54) is 38.6 Å². The van der Waals surface area contributed by atoms with Gasteiger partial charge in [0.25, 0.3) is 0 Å². The number of carbonyl (C=O) groups excluding carboxylic acids is 1. The van der Waals surface area contributed by atoms with E-state index < -0.39 is 0 Å². The number of nitrogens with zero attached hydrogens (tertiary/aromatic N) is 3. The van der Waals surface area contributed by atoms with Gasteiger partial charge in [-0.1, -0.05) is 19.3 Å². The molecule has 6 nitrogen and oxygen atoms in total. The first-order chi connectivity index (χ1) is 15.2. The monoisotopic (exact) mass is 423 g/mol. The Morgan fingerprint density at radius 1 is 1.10 bits per heavy atom. The third kappa shape index (κ3) is 4.36. The van der Waals surface area contributed by atoms with Gasteiger partial charge in [0.05, 0.1) is 19.2 Å². The zero-order valence-corrected chi connectivity index (χ0v) is 18.5. The highest BCUT2D eigenvalue weighted by atomic mass is 16.6. The van der Waals surface area contributed by atoms with E-state index >= 15 is 0 Å². The molecule has 1 amide bonds. The first-order valence-electron chi connectivity index (χ1n) is 11.8. The van der Waals surface area contributed by atoms with Crippen LogP contribution in [0.5, 0.6) is 5.75 Å². The summed E-state index contributed by atoms with van der Waals surface area (Å²) in [6, 6.07) is 8.10. The highest BCUT2D eigenvalue weighted by Crippen LogP contribution is 2.35. The van der Waals surface area contributed by atoms with Gasteiger partial charge in [-0.25, -0.2) is 4.79 Å². The minimum Gasteiger partial charge on any atom is -0.497 e. The summed E-state index contributed by atoms with van der Waals surface area (Å²) in [7, 11) is 1.66. The van der Waals surface area contributed by atoms with E-state index in [9.17, 15) is 4.79 Å². The van der Waals surface area contributed by atoms with Crippen LogP contribution in [0.2, 0.25) is 0 Å². The number of fused-ring (bicyclic) bond motifs is 1. The first kappa shape index (κ1) is 20.6. The zero-order valence-electron chi connectivity index (χ0n) is 18.5. The van der Waals surface area contributed by atoms with Crippen molar-refractivity contribution in [2.75, 3.05) is 33.3 Å². The van der Waals surface area contributed by atoms with Crippen LogP contribution in [0.4, 0.5) is 4.79 Å². The summed E-state index contributed by atoms with van der Waals surface area (Å²) in [6.45, 7) is 4.03. The van der Waals surface area contributed by atoms with Gasteiger partial charge in [-0.15, -0.1) is 0 Å². The van der Waals surface area contributed by atoms with Crippen LogP contribution in [-0.2, 0) is 4.74 Å². The van der Waals surface area contributed by atoms with Gasteiger partial charge in [0.2, 0.25) is 0 Å². The van der Waals surface area contributed by atoms with E-state index in [2.05, 4.69) is 9.88 Å². The number of rotatable bonds is 5. The minimum atomic E-state index is -0.259. The van der Waals surface area contributed by atoms with Crippen LogP contribution in [0, 0.1) is 5.92 Å². The molecule has 2 aliphatic heterocycles. The lowest BCUT2D eigenvalue weighted by Crippen LogP contribution is -2.46. The number of ether oxygens (including phenoxy) is 2. The summed E-state index contributed by atoms with van der Waals surface area (Å²) in [6.07, 6.45) is 10.4. The number of cyclic esters (lactones) is 1. The Labute approximate surface area is 184 Å². The summed E-state index contributed by atoms with van der Waals surface area (Å²) in [4.78, 5) is 21.8. The van der Waals surface area contributed by atoms with E-state index in [4.69, 9.17) is 9.47 Å². The van der Waals surface area contributed by atoms with Crippen molar-refractivity contribution in [1.82, 2.24) is 14.8 Å². The molecule has 5 rings (SSSR count). The molecule has 31 heavy (non-hydrogen) atoms. The molecular formula is C25H33N3O3. The largest absolute Gasteiger partial charge is 0.497 e. The molecule has 3 fully saturated rings. The Hall–Kier alpha value is -2.34. The summed E-state index contributed by atoms with van der Waals surface area (Å²) >= 11 is 0. The van der Waals surface area contributed by atoms with Crippen LogP contribution >= 0.6 is 0 Å². The maximum absolute atomic E-state index is 12.8. The standard InChI is InChI=1S/C25H33N3O3/c1-30-20-7-8-23-22(15-20)21(9-12-26-23)24-17-28(25(29)31-24)19-10-13-27(14-11-19)16-18-5-3-2-4-6-18/h7-9,12,15,18-19,24H,2-6,10-11,13-14,16-17H2,1H3. The van der Waals surface area contributed by atoms with Gasteiger partial charge >= 0.3 is 6.09 Å². The lowest BCUT2D eigenvalue weighted by atomic mass is 9.88. The Morgan fingerprint density at radius 3 is 2.68 bits per heavy atom. The number of amides is 1. The van der Waals surface area contributed by atoms with Crippen LogP contribution < -0.4 is 4.74 Å². The third-order valence-electron chi connectivity index (χ3n) is 7.41. The van der Waals surface area contributed by atoms with Gasteiger partial charge < -0.3 is 19.3 Å². The molecule has 0 radical (unpaired) electrons. The SMILES string of the molecule is COc1ccc2nccc(C3CN(C4CCN(CC5CCCCC5)CC4)C(=O)O3)c2c1. The average molecular weight is 424 g/mol. The molecule has 6 heteroatoms. The smallest absolute Gasteiger partial charge is 0.410 e. The van der Waals surface area contributed by atoms with E-state index in [1.54, 1.807) is 13.3 Å². The topological polar surface area (TPSA) is 54.9 Å². The minimum absolute atomic E-state index is 0.177. The van der Waals surface area contributed by atoms with Crippen molar-refractivity contribution in [2.45, 2.75) is 57.1 Å². The number of carbonyl (C=O) groups is 1. The second-order valence-corrected chi connectivity index (χ2v) is 9.34. The summed E-state index contributed by atoms with van der Waals surface area (Å²) in [5.41, 5.74) is 1.90. The maximum atomic E-state index is 12.8. The van der Waals surface area contributed by atoms with E-state index in [0.29, 0.717) is 6.54 Å². The van der Waals surface area contributed by atoms with Gasteiger partial charge in [-0.2, -0.15) is 0 Å². The van der Waals surface area contributed by atoms with E-state index in [1.807, 2.05) is 29.2 Å². The van der Waals surface area contributed by atoms with Gasteiger partial charge in [0.15, 0.2) is 0 Å². The number of hydrogen-bond acceptors (Lipinski definition) is 5. The molecule has 0 spiro atoms. The van der Waals surface area contributed by atoms with Gasteiger partial charge in [-0.05, 0) is 55.9 Å². The van der Waals surface area contributed by atoms with Crippen molar-refractivity contribution in [2.24, 2.45) is 5.92 Å². The summed E-state index contributed by atoms with van der Waals surface area (Å²) in [5.74, 6) is 1.66. The molecule has 1 unspecified atom stereocenters. The summed E-state index contributed by atoms with van der Waals surface area (Å²) in [5, 5.41) is 0.990. The highest BCUT2D eigenvalue weighted by molar-refractivity contribution is 5.84. The lowest BCUT2D eigenvalue weighted by molar-refractivity contribution is 0.103. The molecule has 3 aliphatic rings. The van der Waals surface area contributed by atoms with Gasteiger partial charge in [0, 0.05) is 42.8 Å². The fourth-order valence-corrected chi connectivity index (χ4v) is 5.64. The fourth-order valence-electron chi connectivity index (χ4n) is 5.64. The number of hydrogen-bond donors (Lipinski definition) is 0. The molecule has 0 bridgehead atoms. The van der Waals surface area contributed by atoms with Crippen molar-refractivity contribution in [3.8, 4) is 5.75 Å². The Morgan fingerprint density at radius 2 is 1.90 bits per heavy atom. The van der Waals surface area contributed by atoms with Crippen LogP contribution in [0.1, 0.15) is 56.6 Å².